The Balaban J connectivity index is 2.29. The van der Waals surface area contributed by atoms with Gasteiger partial charge in [0.05, 0.1) is 0 Å². The molecule has 0 amide bonds. The molecular formula is C12H17N5O3. The topological polar surface area (TPSA) is 95.1 Å². The van der Waals surface area contributed by atoms with E-state index in [0.29, 0.717) is 24.7 Å². The van der Waals surface area contributed by atoms with Gasteiger partial charge in [-0.2, -0.15) is 0 Å². The number of aromatic carboxylic acids is 1. The summed E-state index contributed by atoms with van der Waals surface area (Å²) in [7, 11) is 3.45. The molecule has 2 heterocycles. The van der Waals surface area contributed by atoms with E-state index in [4.69, 9.17) is 4.74 Å². The van der Waals surface area contributed by atoms with E-state index in [1.54, 1.807) is 35.8 Å². The maximum Gasteiger partial charge on any atom is 0.358 e. The first-order valence-electron chi connectivity index (χ1n) is 6.28. The fraction of sp³-hybridized carbons (Fsp3) is 0.500. The molecule has 8 heteroatoms. The van der Waals surface area contributed by atoms with Gasteiger partial charge in [-0.15, -0.1) is 5.10 Å². The highest BCUT2D eigenvalue weighted by molar-refractivity contribution is 5.91. The van der Waals surface area contributed by atoms with Gasteiger partial charge < -0.3 is 14.4 Å². The van der Waals surface area contributed by atoms with E-state index < -0.39 is 5.97 Å². The van der Waals surface area contributed by atoms with Crippen molar-refractivity contribution in [1.82, 2.24) is 24.5 Å². The third-order valence-electron chi connectivity index (χ3n) is 2.94. The van der Waals surface area contributed by atoms with Gasteiger partial charge in [-0.05, 0) is 12.8 Å². The molecule has 2 aromatic heterocycles. The number of aryl methyl sites for hydroxylation is 2. The SMILES string of the molecule is COCCCCn1nnc(C(=O)O)c1-c1nccn1C. The maximum atomic E-state index is 11.2. The molecule has 20 heavy (non-hydrogen) atoms. The van der Waals surface area contributed by atoms with Crippen molar-refractivity contribution < 1.29 is 14.6 Å². The standard InChI is InChI=1S/C12H17N5O3/c1-16-7-5-13-11(16)10-9(12(18)19)14-15-17(10)6-3-4-8-20-2/h5,7H,3-4,6,8H2,1-2H3,(H,18,19). The zero-order chi connectivity index (χ0) is 14.5. The van der Waals surface area contributed by atoms with E-state index in [-0.39, 0.29) is 5.69 Å². The Morgan fingerprint density at radius 1 is 1.45 bits per heavy atom. The normalized spacial score (nSPS) is 10.9. The second-order valence-electron chi connectivity index (χ2n) is 4.38. The smallest absolute Gasteiger partial charge is 0.358 e. The van der Waals surface area contributed by atoms with Crippen molar-refractivity contribution in [2.24, 2.45) is 7.05 Å². The molecule has 0 fully saturated rings. The summed E-state index contributed by atoms with van der Waals surface area (Å²) >= 11 is 0. The second kappa shape index (κ2) is 6.29. The lowest BCUT2D eigenvalue weighted by Gasteiger charge is -2.07. The predicted molar refractivity (Wildman–Crippen MR) is 70.3 cm³/mol. The number of ether oxygens (including phenoxy) is 1. The Labute approximate surface area is 116 Å². The van der Waals surface area contributed by atoms with Crippen LogP contribution in [-0.2, 0) is 18.3 Å². The van der Waals surface area contributed by atoms with Crippen LogP contribution in [0.1, 0.15) is 23.3 Å². The number of imidazole rings is 1. The van der Waals surface area contributed by atoms with Crippen molar-refractivity contribution >= 4 is 5.97 Å². The van der Waals surface area contributed by atoms with E-state index >= 15 is 0 Å². The van der Waals surface area contributed by atoms with Gasteiger partial charge in [-0.3, -0.25) is 0 Å². The van der Waals surface area contributed by atoms with E-state index in [0.717, 1.165) is 12.8 Å². The van der Waals surface area contributed by atoms with Crippen LogP contribution in [0.3, 0.4) is 0 Å². The minimum Gasteiger partial charge on any atom is -0.476 e. The minimum absolute atomic E-state index is 0.0777. The molecular weight excluding hydrogens is 262 g/mol. The average molecular weight is 279 g/mol. The number of hydrogen-bond acceptors (Lipinski definition) is 5. The van der Waals surface area contributed by atoms with Crippen molar-refractivity contribution in [3.63, 3.8) is 0 Å². The number of methoxy groups -OCH3 is 1. The number of aromatic nitrogens is 5. The van der Waals surface area contributed by atoms with Gasteiger partial charge in [0.15, 0.2) is 5.82 Å². The largest absolute Gasteiger partial charge is 0.476 e. The lowest BCUT2D eigenvalue weighted by Crippen LogP contribution is -2.08. The van der Waals surface area contributed by atoms with Crippen LogP contribution in [0.2, 0.25) is 0 Å². The molecule has 0 bridgehead atoms. The molecule has 0 saturated carbocycles. The van der Waals surface area contributed by atoms with Gasteiger partial charge in [-0.1, -0.05) is 5.21 Å². The Kier molecular flexibility index (Phi) is 4.46. The number of nitrogens with zero attached hydrogens (tertiary/aromatic N) is 5. The molecule has 0 spiro atoms. The molecule has 0 aliphatic rings. The van der Waals surface area contributed by atoms with Crippen molar-refractivity contribution in [2.45, 2.75) is 19.4 Å². The first kappa shape index (κ1) is 14.2. The molecule has 2 aromatic rings. The van der Waals surface area contributed by atoms with Gasteiger partial charge in [0, 0.05) is 39.7 Å². The molecule has 0 aromatic carbocycles. The predicted octanol–water partition coefficient (Wildman–Crippen LogP) is 0.803. The monoisotopic (exact) mass is 279 g/mol. The van der Waals surface area contributed by atoms with Crippen LogP contribution in [0.5, 0.6) is 0 Å². The summed E-state index contributed by atoms with van der Waals surface area (Å²) in [5.41, 5.74) is 0.355. The van der Waals surface area contributed by atoms with Crippen molar-refractivity contribution in [2.75, 3.05) is 13.7 Å². The van der Waals surface area contributed by atoms with Crippen LogP contribution in [0.25, 0.3) is 11.5 Å². The average Bonchev–Trinajstić information content (AvgIpc) is 3.00. The Hall–Kier alpha value is -2.22. The summed E-state index contributed by atoms with van der Waals surface area (Å²) in [6.07, 6.45) is 5.07. The Morgan fingerprint density at radius 3 is 2.85 bits per heavy atom. The first-order valence-corrected chi connectivity index (χ1v) is 6.28. The molecule has 8 nitrogen and oxygen atoms in total. The van der Waals surface area contributed by atoms with Gasteiger partial charge in [0.2, 0.25) is 5.69 Å². The lowest BCUT2D eigenvalue weighted by atomic mass is 10.2. The molecule has 0 unspecified atom stereocenters. The molecule has 108 valence electrons. The van der Waals surface area contributed by atoms with Gasteiger partial charge in [-0.25, -0.2) is 14.5 Å². The van der Waals surface area contributed by atoms with Crippen LogP contribution in [0, 0.1) is 0 Å². The van der Waals surface area contributed by atoms with E-state index in [2.05, 4.69) is 15.3 Å². The number of hydrogen-bond donors (Lipinski definition) is 1. The second-order valence-corrected chi connectivity index (χ2v) is 4.38. The first-order chi connectivity index (χ1) is 9.65. The number of carbonyl (C=O) groups is 1. The van der Waals surface area contributed by atoms with Crippen LogP contribution < -0.4 is 0 Å². The van der Waals surface area contributed by atoms with E-state index in [9.17, 15) is 9.90 Å². The Bertz CT molecular complexity index is 590. The zero-order valence-corrected chi connectivity index (χ0v) is 11.5. The summed E-state index contributed by atoms with van der Waals surface area (Å²) in [6, 6.07) is 0. The summed E-state index contributed by atoms with van der Waals surface area (Å²) in [4.78, 5) is 15.4. The summed E-state index contributed by atoms with van der Waals surface area (Å²) in [6.45, 7) is 1.24. The third kappa shape index (κ3) is 2.85. The number of carboxylic acids is 1. The summed E-state index contributed by atoms with van der Waals surface area (Å²) in [5.74, 6) is -0.565. The van der Waals surface area contributed by atoms with E-state index in [1.165, 1.54) is 0 Å². The quantitative estimate of drug-likeness (QED) is 0.753. The van der Waals surface area contributed by atoms with Crippen LogP contribution in [-0.4, -0.2) is 49.3 Å². The summed E-state index contributed by atoms with van der Waals surface area (Å²) in [5, 5.41) is 16.9. The molecule has 0 aliphatic heterocycles. The Morgan fingerprint density at radius 2 is 2.25 bits per heavy atom. The van der Waals surface area contributed by atoms with Crippen LogP contribution >= 0.6 is 0 Å². The van der Waals surface area contributed by atoms with Gasteiger partial charge >= 0.3 is 5.97 Å². The molecule has 0 radical (unpaired) electrons. The fourth-order valence-corrected chi connectivity index (χ4v) is 1.94. The lowest BCUT2D eigenvalue weighted by molar-refractivity contribution is 0.0691. The van der Waals surface area contributed by atoms with E-state index in [1.807, 2.05) is 0 Å². The van der Waals surface area contributed by atoms with Gasteiger partial charge in [0.1, 0.15) is 5.69 Å². The maximum absolute atomic E-state index is 11.2. The fourth-order valence-electron chi connectivity index (χ4n) is 1.94. The van der Waals surface area contributed by atoms with Crippen molar-refractivity contribution in [3.05, 3.63) is 18.1 Å². The molecule has 0 atom stereocenters. The van der Waals surface area contributed by atoms with Crippen LogP contribution in [0.4, 0.5) is 0 Å². The summed E-state index contributed by atoms with van der Waals surface area (Å²) < 4.78 is 8.32. The van der Waals surface area contributed by atoms with Crippen molar-refractivity contribution in [3.8, 4) is 11.5 Å². The van der Waals surface area contributed by atoms with Crippen molar-refractivity contribution in [1.29, 1.82) is 0 Å². The number of rotatable bonds is 7. The molecule has 0 aliphatic carbocycles. The van der Waals surface area contributed by atoms with Crippen LogP contribution in [0.15, 0.2) is 12.4 Å². The zero-order valence-electron chi connectivity index (χ0n) is 11.5. The highest BCUT2D eigenvalue weighted by Crippen LogP contribution is 2.20. The minimum atomic E-state index is -1.11. The highest BCUT2D eigenvalue weighted by atomic mass is 16.5. The highest BCUT2D eigenvalue weighted by Gasteiger charge is 2.23. The molecule has 0 saturated heterocycles. The number of unbranched alkanes of at least 4 members (excludes halogenated alkanes) is 1. The third-order valence-corrected chi connectivity index (χ3v) is 2.94. The molecule has 1 N–H and O–H groups in total. The van der Waals surface area contributed by atoms with Gasteiger partial charge in [0.25, 0.3) is 0 Å². The number of carboxylic acid groups (broad SMARTS) is 1. The molecule has 2 rings (SSSR count).